The Hall–Kier alpha value is -2.20. The van der Waals surface area contributed by atoms with E-state index in [4.69, 9.17) is 14.7 Å². The second-order valence-corrected chi connectivity index (χ2v) is 3.59. The summed E-state index contributed by atoms with van der Waals surface area (Å²) in [5.74, 6) is 0.161. The highest BCUT2D eigenvalue weighted by Crippen LogP contribution is 2.08. The molecule has 0 aliphatic heterocycles. The van der Waals surface area contributed by atoms with Gasteiger partial charge in [0.1, 0.15) is 18.4 Å². The van der Waals surface area contributed by atoms with Gasteiger partial charge in [0.05, 0.1) is 25.6 Å². The van der Waals surface area contributed by atoms with Crippen LogP contribution in [0, 0.1) is 11.3 Å². The van der Waals surface area contributed by atoms with Crippen molar-refractivity contribution in [3.8, 4) is 6.07 Å². The van der Waals surface area contributed by atoms with E-state index in [9.17, 15) is 4.79 Å². The number of methoxy groups -OCH3 is 1. The Morgan fingerprint density at radius 3 is 2.79 bits per heavy atom. The van der Waals surface area contributed by atoms with Crippen LogP contribution < -0.4 is 4.90 Å². The number of nitrogens with zero attached hydrogens (tertiary/aromatic N) is 4. The summed E-state index contributed by atoms with van der Waals surface area (Å²) in [6, 6.07) is 1.89. The number of hydrogen-bond acceptors (Lipinski definition) is 7. The maximum atomic E-state index is 11.5. The third-order valence-electron chi connectivity index (χ3n) is 2.27. The standard InChI is InChI=1S/C12H16N4O3/c1-3-19-12(17)9-16(4-5-18-2)11-8-14-10(6-13)7-15-11/h7-8H,3-5,9H2,1-2H3. The van der Waals surface area contributed by atoms with Crippen molar-refractivity contribution in [2.45, 2.75) is 6.92 Å². The Morgan fingerprint density at radius 1 is 1.47 bits per heavy atom. The first kappa shape index (κ1) is 14.9. The lowest BCUT2D eigenvalue weighted by molar-refractivity contribution is -0.141. The number of nitriles is 1. The van der Waals surface area contributed by atoms with Crippen LogP contribution in [0.15, 0.2) is 12.4 Å². The van der Waals surface area contributed by atoms with E-state index >= 15 is 0 Å². The molecule has 0 aliphatic carbocycles. The molecule has 0 spiro atoms. The number of carbonyl (C=O) groups is 1. The largest absolute Gasteiger partial charge is 0.465 e. The van der Waals surface area contributed by atoms with Crippen LogP contribution in [0.4, 0.5) is 5.82 Å². The fourth-order valence-electron chi connectivity index (χ4n) is 1.38. The minimum absolute atomic E-state index is 0.0672. The van der Waals surface area contributed by atoms with Gasteiger partial charge in [-0.05, 0) is 6.92 Å². The molecular formula is C12H16N4O3. The number of aromatic nitrogens is 2. The van der Waals surface area contributed by atoms with E-state index in [-0.39, 0.29) is 18.2 Å². The average molecular weight is 264 g/mol. The van der Waals surface area contributed by atoms with Crippen molar-refractivity contribution in [3.05, 3.63) is 18.1 Å². The molecule has 0 atom stereocenters. The van der Waals surface area contributed by atoms with Gasteiger partial charge in [-0.2, -0.15) is 5.26 Å². The van der Waals surface area contributed by atoms with Crippen molar-refractivity contribution in [3.63, 3.8) is 0 Å². The highest BCUT2D eigenvalue weighted by atomic mass is 16.5. The summed E-state index contributed by atoms with van der Waals surface area (Å²) >= 11 is 0. The summed E-state index contributed by atoms with van der Waals surface area (Å²) < 4.78 is 9.88. The predicted octanol–water partition coefficient (Wildman–Crippen LogP) is 0.364. The van der Waals surface area contributed by atoms with Crippen molar-refractivity contribution in [2.24, 2.45) is 0 Å². The topological polar surface area (TPSA) is 88.3 Å². The van der Waals surface area contributed by atoms with E-state index in [0.29, 0.717) is 25.6 Å². The molecule has 1 rings (SSSR count). The fraction of sp³-hybridized carbons (Fsp3) is 0.500. The summed E-state index contributed by atoms with van der Waals surface area (Å²) in [6.07, 6.45) is 2.81. The van der Waals surface area contributed by atoms with Gasteiger partial charge in [-0.1, -0.05) is 0 Å². The number of ether oxygens (including phenoxy) is 2. The summed E-state index contributed by atoms with van der Waals surface area (Å²) in [7, 11) is 1.58. The van der Waals surface area contributed by atoms with E-state index in [1.165, 1.54) is 12.4 Å². The number of esters is 1. The van der Waals surface area contributed by atoms with E-state index < -0.39 is 0 Å². The van der Waals surface area contributed by atoms with Crippen LogP contribution >= 0.6 is 0 Å². The first-order valence-corrected chi connectivity index (χ1v) is 5.83. The number of hydrogen-bond donors (Lipinski definition) is 0. The Balaban J connectivity index is 2.76. The van der Waals surface area contributed by atoms with Crippen molar-refractivity contribution in [1.29, 1.82) is 5.26 Å². The van der Waals surface area contributed by atoms with Gasteiger partial charge in [0.25, 0.3) is 0 Å². The van der Waals surface area contributed by atoms with E-state index in [0.717, 1.165) is 0 Å². The Kier molecular flexibility index (Phi) is 6.26. The molecule has 1 aromatic heterocycles. The summed E-state index contributed by atoms with van der Waals surface area (Å²) in [5, 5.41) is 8.66. The zero-order valence-corrected chi connectivity index (χ0v) is 11.0. The van der Waals surface area contributed by atoms with Crippen LogP contribution in [-0.4, -0.2) is 49.4 Å². The smallest absolute Gasteiger partial charge is 0.325 e. The number of carbonyl (C=O) groups excluding carboxylic acids is 1. The second-order valence-electron chi connectivity index (χ2n) is 3.59. The summed E-state index contributed by atoms with van der Waals surface area (Å²) in [5.41, 5.74) is 0.228. The molecule has 0 unspecified atom stereocenters. The van der Waals surface area contributed by atoms with Gasteiger partial charge in [0.15, 0.2) is 5.69 Å². The third-order valence-corrected chi connectivity index (χ3v) is 2.27. The van der Waals surface area contributed by atoms with Crippen LogP contribution in [0.1, 0.15) is 12.6 Å². The minimum atomic E-state index is -0.343. The molecule has 1 heterocycles. The first-order valence-electron chi connectivity index (χ1n) is 5.83. The molecule has 0 aromatic carbocycles. The van der Waals surface area contributed by atoms with Gasteiger partial charge in [-0.15, -0.1) is 0 Å². The molecule has 0 aliphatic rings. The number of anilines is 1. The first-order chi connectivity index (χ1) is 9.21. The molecular weight excluding hydrogens is 248 g/mol. The molecule has 102 valence electrons. The Labute approximate surface area is 111 Å². The van der Waals surface area contributed by atoms with Gasteiger partial charge in [0, 0.05) is 13.7 Å². The maximum Gasteiger partial charge on any atom is 0.325 e. The average Bonchev–Trinajstić information content (AvgIpc) is 2.44. The molecule has 7 heteroatoms. The van der Waals surface area contributed by atoms with Gasteiger partial charge in [-0.3, -0.25) is 4.79 Å². The lowest BCUT2D eigenvalue weighted by Gasteiger charge is -2.21. The van der Waals surface area contributed by atoms with Gasteiger partial charge >= 0.3 is 5.97 Å². The maximum absolute atomic E-state index is 11.5. The molecule has 0 bridgehead atoms. The molecule has 0 radical (unpaired) electrons. The summed E-state index contributed by atoms with van der Waals surface area (Å²) in [6.45, 7) is 3.07. The monoisotopic (exact) mass is 264 g/mol. The molecule has 0 amide bonds. The van der Waals surface area contributed by atoms with Crippen LogP contribution in [0.5, 0.6) is 0 Å². The van der Waals surface area contributed by atoms with Crippen LogP contribution in [0.2, 0.25) is 0 Å². The zero-order chi connectivity index (χ0) is 14.1. The highest BCUT2D eigenvalue weighted by molar-refractivity contribution is 5.75. The van der Waals surface area contributed by atoms with Crippen LogP contribution in [-0.2, 0) is 14.3 Å². The van der Waals surface area contributed by atoms with Crippen molar-refractivity contribution in [1.82, 2.24) is 9.97 Å². The van der Waals surface area contributed by atoms with E-state index in [1.807, 2.05) is 6.07 Å². The number of rotatable bonds is 7. The molecule has 1 aromatic rings. The van der Waals surface area contributed by atoms with Crippen molar-refractivity contribution >= 4 is 11.8 Å². The third kappa shape index (κ3) is 4.89. The summed E-state index contributed by atoms with van der Waals surface area (Å²) in [4.78, 5) is 21.2. The minimum Gasteiger partial charge on any atom is -0.465 e. The molecule has 19 heavy (non-hydrogen) atoms. The fourth-order valence-corrected chi connectivity index (χ4v) is 1.38. The predicted molar refractivity (Wildman–Crippen MR) is 67.5 cm³/mol. The molecule has 0 saturated carbocycles. The molecule has 0 fully saturated rings. The van der Waals surface area contributed by atoms with E-state index in [2.05, 4.69) is 9.97 Å². The Bertz CT molecular complexity index is 441. The molecule has 7 nitrogen and oxygen atoms in total. The Morgan fingerprint density at radius 2 is 2.26 bits per heavy atom. The van der Waals surface area contributed by atoms with Gasteiger partial charge in [-0.25, -0.2) is 9.97 Å². The van der Waals surface area contributed by atoms with Crippen LogP contribution in [0.25, 0.3) is 0 Å². The zero-order valence-electron chi connectivity index (χ0n) is 11.0. The molecule has 0 saturated heterocycles. The van der Waals surface area contributed by atoms with Crippen molar-refractivity contribution in [2.75, 3.05) is 38.3 Å². The van der Waals surface area contributed by atoms with Crippen molar-refractivity contribution < 1.29 is 14.3 Å². The second kappa shape index (κ2) is 8.00. The normalized spacial score (nSPS) is 9.74. The van der Waals surface area contributed by atoms with E-state index in [1.54, 1.807) is 18.9 Å². The molecule has 0 N–H and O–H groups in total. The lowest BCUT2D eigenvalue weighted by Crippen LogP contribution is -2.34. The van der Waals surface area contributed by atoms with Crippen LogP contribution in [0.3, 0.4) is 0 Å². The quantitative estimate of drug-likeness (QED) is 0.657. The highest BCUT2D eigenvalue weighted by Gasteiger charge is 2.13. The van der Waals surface area contributed by atoms with Gasteiger partial charge in [0.2, 0.25) is 0 Å². The lowest BCUT2D eigenvalue weighted by atomic mass is 10.4. The van der Waals surface area contributed by atoms with Gasteiger partial charge < -0.3 is 14.4 Å². The SMILES string of the molecule is CCOC(=O)CN(CCOC)c1cnc(C#N)cn1.